The molecule has 4 nitrogen and oxygen atoms in total. The second kappa shape index (κ2) is 4.82. The molecule has 0 amide bonds. The zero-order chi connectivity index (χ0) is 13.3. The summed E-state index contributed by atoms with van der Waals surface area (Å²) in [6, 6.07) is 2.06. The minimum Gasteiger partial charge on any atom is -0.496 e. The van der Waals surface area contributed by atoms with Crippen LogP contribution < -0.4 is 10.5 Å². The van der Waals surface area contributed by atoms with Crippen LogP contribution in [0.5, 0.6) is 5.75 Å². The van der Waals surface area contributed by atoms with Gasteiger partial charge in [0.15, 0.2) is 5.76 Å². The third-order valence-corrected chi connectivity index (χ3v) is 3.22. The Morgan fingerprint density at radius 1 is 1.28 bits per heavy atom. The molecule has 2 N–H and O–H groups in total. The minimum atomic E-state index is 0.313. The summed E-state index contributed by atoms with van der Waals surface area (Å²) < 4.78 is 11.0. The molecule has 1 aromatic carbocycles. The summed E-state index contributed by atoms with van der Waals surface area (Å²) in [5.41, 5.74) is 9.89. The van der Waals surface area contributed by atoms with Crippen LogP contribution in [0, 0.1) is 20.8 Å². The SMILES string of the molecule is COc1c(C)cc(-c2cnc(CN)o2)c(C)c1C. The second-order valence-corrected chi connectivity index (χ2v) is 4.35. The number of ether oxygens (including phenoxy) is 1. The van der Waals surface area contributed by atoms with Crippen molar-refractivity contribution in [2.45, 2.75) is 27.3 Å². The third kappa shape index (κ3) is 1.99. The molecule has 0 aliphatic rings. The quantitative estimate of drug-likeness (QED) is 0.904. The predicted molar refractivity (Wildman–Crippen MR) is 70.6 cm³/mol. The van der Waals surface area contributed by atoms with Crippen LogP contribution in [0.1, 0.15) is 22.6 Å². The van der Waals surface area contributed by atoms with Crippen LogP contribution in [0.25, 0.3) is 11.3 Å². The third-order valence-electron chi connectivity index (χ3n) is 3.22. The first-order chi connectivity index (χ1) is 8.58. The summed E-state index contributed by atoms with van der Waals surface area (Å²) in [5, 5.41) is 0. The van der Waals surface area contributed by atoms with Crippen LogP contribution in [-0.4, -0.2) is 12.1 Å². The van der Waals surface area contributed by atoms with Gasteiger partial charge in [-0.25, -0.2) is 4.98 Å². The van der Waals surface area contributed by atoms with E-state index in [2.05, 4.69) is 18.0 Å². The largest absolute Gasteiger partial charge is 0.496 e. The molecule has 0 bridgehead atoms. The highest BCUT2D eigenvalue weighted by molar-refractivity contribution is 5.67. The molecule has 0 unspecified atom stereocenters. The molecule has 0 atom stereocenters. The Morgan fingerprint density at radius 2 is 2.00 bits per heavy atom. The minimum absolute atomic E-state index is 0.313. The average molecular weight is 246 g/mol. The number of hydrogen-bond acceptors (Lipinski definition) is 4. The Balaban J connectivity index is 2.58. The first kappa shape index (κ1) is 12.6. The van der Waals surface area contributed by atoms with Crippen LogP contribution in [-0.2, 0) is 6.54 Å². The maximum absolute atomic E-state index is 5.61. The summed E-state index contributed by atoms with van der Waals surface area (Å²) in [4.78, 5) is 4.13. The van der Waals surface area contributed by atoms with Crippen LogP contribution in [0.15, 0.2) is 16.7 Å². The van der Waals surface area contributed by atoms with Crippen LogP contribution in [0.4, 0.5) is 0 Å². The molecule has 4 heteroatoms. The van der Waals surface area contributed by atoms with Crippen molar-refractivity contribution in [2.75, 3.05) is 7.11 Å². The van der Waals surface area contributed by atoms with E-state index in [1.54, 1.807) is 13.3 Å². The molecule has 96 valence electrons. The molecule has 1 aromatic heterocycles. The lowest BCUT2D eigenvalue weighted by Gasteiger charge is -2.14. The first-order valence-electron chi connectivity index (χ1n) is 5.88. The van der Waals surface area contributed by atoms with Gasteiger partial charge in [-0.05, 0) is 43.5 Å². The van der Waals surface area contributed by atoms with Crippen molar-refractivity contribution in [1.82, 2.24) is 4.98 Å². The molecule has 18 heavy (non-hydrogen) atoms. The molecule has 1 heterocycles. The van der Waals surface area contributed by atoms with Crippen molar-refractivity contribution < 1.29 is 9.15 Å². The van der Waals surface area contributed by atoms with Gasteiger partial charge < -0.3 is 14.9 Å². The smallest absolute Gasteiger partial charge is 0.208 e. The predicted octanol–water partition coefficient (Wildman–Crippen LogP) is 2.73. The van der Waals surface area contributed by atoms with Gasteiger partial charge in [0.25, 0.3) is 0 Å². The lowest BCUT2D eigenvalue weighted by molar-refractivity contribution is 0.408. The molecule has 0 radical (unpaired) electrons. The number of aryl methyl sites for hydroxylation is 1. The number of methoxy groups -OCH3 is 1. The lowest BCUT2D eigenvalue weighted by Crippen LogP contribution is -1.96. The molecular weight excluding hydrogens is 228 g/mol. The summed E-state index contributed by atoms with van der Waals surface area (Å²) in [7, 11) is 1.69. The molecule has 0 aliphatic carbocycles. The number of benzene rings is 1. The number of nitrogens with zero attached hydrogens (tertiary/aromatic N) is 1. The highest BCUT2D eigenvalue weighted by atomic mass is 16.5. The number of aromatic nitrogens is 1. The van der Waals surface area contributed by atoms with E-state index < -0.39 is 0 Å². The molecule has 2 rings (SSSR count). The summed E-state index contributed by atoms with van der Waals surface area (Å²) in [6.07, 6.45) is 1.72. The first-order valence-corrected chi connectivity index (χ1v) is 5.88. The standard InChI is InChI=1S/C14H18N2O2/c1-8-5-11(9(2)10(3)14(8)17-4)12-7-16-13(6-15)18-12/h5,7H,6,15H2,1-4H3. The van der Waals surface area contributed by atoms with Gasteiger partial charge in [-0.2, -0.15) is 0 Å². The van der Waals surface area contributed by atoms with Gasteiger partial charge >= 0.3 is 0 Å². The van der Waals surface area contributed by atoms with Crippen LogP contribution in [0.3, 0.4) is 0 Å². The summed E-state index contributed by atoms with van der Waals surface area (Å²) in [6.45, 7) is 6.43. The van der Waals surface area contributed by atoms with E-state index in [1.807, 2.05) is 13.8 Å². The normalized spacial score (nSPS) is 10.7. The zero-order valence-corrected chi connectivity index (χ0v) is 11.2. The number of hydrogen-bond donors (Lipinski definition) is 1. The van der Waals surface area contributed by atoms with Gasteiger partial charge in [-0.1, -0.05) is 0 Å². The summed E-state index contributed by atoms with van der Waals surface area (Å²) in [5.74, 6) is 2.23. The summed E-state index contributed by atoms with van der Waals surface area (Å²) >= 11 is 0. The van der Waals surface area contributed by atoms with E-state index in [9.17, 15) is 0 Å². The van der Waals surface area contributed by atoms with Crippen molar-refractivity contribution >= 4 is 0 Å². The monoisotopic (exact) mass is 246 g/mol. The highest BCUT2D eigenvalue weighted by Gasteiger charge is 2.14. The van der Waals surface area contributed by atoms with Gasteiger partial charge in [0.05, 0.1) is 19.9 Å². The van der Waals surface area contributed by atoms with Gasteiger partial charge in [-0.3, -0.25) is 0 Å². The molecular formula is C14H18N2O2. The van der Waals surface area contributed by atoms with Gasteiger partial charge in [-0.15, -0.1) is 0 Å². The Hall–Kier alpha value is -1.81. The number of oxazole rings is 1. The molecule has 0 aliphatic heterocycles. The number of rotatable bonds is 3. The van der Waals surface area contributed by atoms with Crippen LogP contribution in [0.2, 0.25) is 0 Å². The van der Waals surface area contributed by atoms with E-state index in [0.29, 0.717) is 12.4 Å². The Morgan fingerprint density at radius 3 is 2.56 bits per heavy atom. The maximum atomic E-state index is 5.61. The highest BCUT2D eigenvalue weighted by Crippen LogP contribution is 2.34. The second-order valence-electron chi connectivity index (χ2n) is 4.35. The van der Waals surface area contributed by atoms with Gasteiger partial charge in [0.2, 0.25) is 5.89 Å². The van der Waals surface area contributed by atoms with E-state index in [0.717, 1.165) is 33.8 Å². The Kier molecular flexibility index (Phi) is 3.39. The van der Waals surface area contributed by atoms with E-state index in [4.69, 9.17) is 14.9 Å². The van der Waals surface area contributed by atoms with Gasteiger partial charge in [0, 0.05) is 5.56 Å². The Bertz CT molecular complexity index is 573. The fourth-order valence-corrected chi connectivity index (χ4v) is 2.16. The van der Waals surface area contributed by atoms with Crippen molar-refractivity contribution in [3.05, 3.63) is 34.8 Å². The Labute approximate surface area is 107 Å². The topological polar surface area (TPSA) is 61.3 Å². The van der Waals surface area contributed by atoms with Crippen molar-refractivity contribution in [1.29, 1.82) is 0 Å². The molecule has 0 saturated carbocycles. The van der Waals surface area contributed by atoms with Crippen molar-refractivity contribution in [3.8, 4) is 17.1 Å². The maximum Gasteiger partial charge on any atom is 0.208 e. The molecule has 0 spiro atoms. The fourth-order valence-electron chi connectivity index (χ4n) is 2.16. The molecule has 0 saturated heterocycles. The van der Waals surface area contributed by atoms with E-state index >= 15 is 0 Å². The molecule has 0 fully saturated rings. The molecule has 2 aromatic rings. The zero-order valence-electron chi connectivity index (χ0n) is 11.2. The lowest BCUT2D eigenvalue weighted by atomic mass is 9.97. The fraction of sp³-hybridized carbons (Fsp3) is 0.357. The number of nitrogens with two attached hydrogens (primary N) is 1. The van der Waals surface area contributed by atoms with E-state index in [1.165, 1.54) is 0 Å². The average Bonchev–Trinajstić information content (AvgIpc) is 2.83. The van der Waals surface area contributed by atoms with Crippen LogP contribution >= 0.6 is 0 Å². The van der Waals surface area contributed by atoms with Crippen molar-refractivity contribution in [2.24, 2.45) is 5.73 Å². The van der Waals surface area contributed by atoms with Crippen molar-refractivity contribution in [3.63, 3.8) is 0 Å². The van der Waals surface area contributed by atoms with E-state index in [-0.39, 0.29) is 0 Å². The van der Waals surface area contributed by atoms with Gasteiger partial charge in [0.1, 0.15) is 5.75 Å².